The summed E-state index contributed by atoms with van der Waals surface area (Å²) in [4.78, 5) is 15.2. The van der Waals surface area contributed by atoms with Crippen LogP contribution >= 0.6 is 24.0 Å². The lowest BCUT2D eigenvalue weighted by atomic mass is 10.1. The van der Waals surface area contributed by atoms with Gasteiger partial charge in [0.15, 0.2) is 4.32 Å². The molecule has 0 N–H and O–H groups in total. The summed E-state index contributed by atoms with van der Waals surface area (Å²) in [6.45, 7) is 0. The van der Waals surface area contributed by atoms with Gasteiger partial charge in [-0.15, -0.1) is 0 Å². The van der Waals surface area contributed by atoms with E-state index in [0.717, 1.165) is 11.3 Å². The molecule has 5 rings (SSSR count). The minimum absolute atomic E-state index is 0.0702. The van der Waals surface area contributed by atoms with Crippen molar-refractivity contribution in [3.05, 3.63) is 83.3 Å². The number of hydrogen-bond acceptors (Lipinski definition) is 3. The molecule has 1 fully saturated rings. The smallest absolute Gasteiger partial charge is 0.270 e. The molecule has 3 aromatic carbocycles. The van der Waals surface area contributed by atoms with Gasteiger partial charge in [0.25, 0.3) is 5.91 Å². The molecule has 1 amide bonds. The molecule has 0 saturated carbocycles. The van der Waals surface area contributed by atoms with Gasteiger partial charge in [-0.2, -0.15) is 0 Å². The Balaban J connectivity index is 1.58. The molecule has 4 aromatic rings. The zero-order valence-corrected chi connectivity index (χ0v) is 16.8. The number of thioether (sulfide) groups is 1. The van der Waals surface area contributed by atoms with Crippen LogP contribution in [0.4, 0.5) is 5.69 Å². The van der Waals surface area contributed by atoms with E-state index >= 15 is 0 Å². The van der Waals surface area contributed by atoms with Crippen LogP contribution in [0.25, 0.3) is 27.9 Å². The molecule has 0 radical (unpaired) electrons. The van der Waals surface area contributed by atoms with Gasteiger partial charge in [0.05, 0.1) is 10.6 Å². The van der Waals surface area contributed by atoms with Crippen molar-refractivity contribution < 1.29 is 4.79 Å². The Bertz CT molecular complexity index is 1290. The number of hydrogen-bond donors (Lipinski definition) is 0. The van der Waals surface area contributed by atoms with E-state index in [1.165, 1.54) is 33.6 Å². The molecule has 3 nitrogen and oxygen atoms in total. The SMILES string of the molecule is Cn1c2ccccc2c2cc(/C=C3\SC(=S)N(c4ccccc4)C3=O)ccc21. The molecule has 136 valence electrons. The summed E-state index contributed by atoms with van der Waals surface area (Å²) in [6.07, 6.45) is 1.93. The van der Waals surface area contributed by atoms with Crippen LogP contribution in [0.1, 0.15) is 5.56 Å². The molecule has 0 atom stereocenters. The minimum atomic E-state index is -0.0702. The quantitative estimate of drug-likeness (QED) is 0.317. The fourth-order valence-electron chi connectivity index (χ4n) is 3.69. The first kappa shape index (κ1) is 17.2. The predicted octanol–water partition coefficient (Wildman–Crippen LogP) is 5.74. The van der Waals surface area contributed by atoms with Crippen molar-refractivity contribution in [2.45, 2.75) is 0 Å². The number of amides is 1. The molecule has 0 aliphatic carbocycles. The molecule has 1 aliphatic heterocycles. The van der Waals surface area contributed by atoms with Gasteiger partial charge in [-0.1, -0.05) is 66.4 Å². The third-order valence-corrected chi connectivity index (χ3v) is 6.35. The summed E-state index contributed by atoms with van der Waals surface area (Å²) < 4.78 is 2.76. The van der Waals surface area contributed by atoms with Crippen molar-refractivity contribution in [1.82, 2.24) is 4.57 Å². The maximum absolute atomic E-state index is 12.9. The third kappa shape index (κ3) is 2.66. The topological polar surface area (TPSA) is 25.2 Å². The molecule has 1 saturated heterocycles. The number of aryl methyl sites for hydroxylation is 1. The van der Waals surface area contributed by atoms with E-state index in [2.05, 4.69) is 54.1 Å². The standard InChI is InChI=1S/C23H16N2OS2/c1-24-19-10-6-5-9-17(19)18-13-15(11-12-20(18)24)14-21-22(26)25(23(27)28-21)16-7-3-2-4-8-16/h2-14H,1H3/b21-14-. The van der Waals surface area contributed by atoms with Crippen LogP contribution < -0.4 is 4.90 Å². The van der Waals surface area contributed by atoms with Crippen molar-refractivity contribution in [2.75, 3.05) is 4.90 Å². The number of para-hydroxylation sites is 2. The second-order valence-electron chi connectivity index (χ2n) is 6.71. The second kappa shape index (κ2) is 6.62. The van der Waals surface area contributed by atoms with Gasteiger partial charge in [-0.3, -0.25) is 9.69 Å². The first-order valence-electron chi connectivity index (χ1n) is 8.94. The number of nitrogens with zero attached hydrogens (tertiary/aromatic N) is 2. The van der Waals surface area contributed by atoms with Gasteiger partial charge >= 0.3 is 0 Å². The Morgan fingerprint density at radius 1 is 0.893 bits per heavy atom. The Morgan fingerprint density at radius 2 is 1.61 bits per heavy atom. The number of benzene rings is 3. The summed E-state index contributed by atoms with van der Waals surface area (Å²) in [5.74, 6) is -0.0702. The summed E-state index contributed by atoms with van der Waals surface area (Å²) in [5, 5.41) is 2.40. The summed E-state index contributed by atoms with van der Waals surface area (Å²) in [5.41, 5.74) is 4.18. The van der Waals surface area contributed by atoms with Crippen molar-refractivity contribution in [1.29, 1.82) is 0 Å². The van der Waals surface area contributed by atoms with Gasteiger partial charge in [0, 0.05) is 28.9 Å². The molecular weight excluding hydrogens is 384 g/mol. The molecular formula is C23H16N2OS2. The number of aromatic nitrogens is 1. The van der Waals surface area contributed by atoms with Crippen molar-refractivity contribution in [3.8, 4) is 0 Å². The van der Waals surface area contributed by atoms with Gasteiger partial charge < -0.3 is 4.57 Å². The number of thiocarbonyl (C=S) groups is 1. The number of carbonyl (C=O) groups excluding carboxylic acids is 1. The maximum atomic E-state index is 12.9. The van der Waals surface area contributed by atoms with Crippen LogP contribution in [-0.2, 0) is 11.8 Å². The van der Waals surface area contributed by atoms with E-state index in [9.17, 15) is 4.79 Å². The average Bonchev–Trinajstić information content (AvgIpc) is 3.16. The molecule has 0 unspecified atom stereocenters. The second-order valence-corrected chi connectivity index (χ2v) is 8.38. The Labute approximate surface area is 172 Å². The maximum Gasteiger partial charge on any atom is 0.270 e. The van der Waals surface area contributed by atoms with E-state index < -0.39 is 0 Å². The van der Waals surface area contributed by atoms with E-state index in [1.807, 2.05) is 36.4 Å². The monoisotopic (exact) mass is 400 g/mol. The van der Waals surface area contributed by atoms with Crippen LogP contribution in [0.3, 0.4) is 0 Å². The predicted molar refractivity (Wildman–Crippen MR) is 123 cm³/mol. The highest BCUT2D eigenvalue weighted by Gasteiger charge is 2.33. The van der Waals surface area contributed by atoms with Gasteiger partial charge in [-0.05, 0) is 42.0 Å². The zero-order valence-electron chi connectivity index (χ0n) is 15.1. The lowest BCUT2D eigenvalue weighted by Crippen LogP contribution is -2.27. The van der Waals surface area contributed by atoms with Crippen LogP contribution in [0.15, 0.2) is 77.7 Å². The van der Waals surface area contributed by atoms with Crippen LogP contribution in [0.5, 0.6) is 0 Å². The number of fused-ring (bicyclic) bond motifs is 3. The number of anilines is 1. The third-order valence-electron chi connectivity index (χ3n) is 5.04. The normalized spacial score (nSPS) is 16.0. The molecule has 1 aliphatic rings. The lowest BCUT2D eigenvalue weighted by Gasteiger charge is -2.13. The first-order valence-corrected chi connectivity index (χ1v) is 10.2. The molecule has 0 bridgehead atoms. The van der Waals surface area contributed by atoms with E-state index in [0.29, 0.717) is 9.23 Å². The Kier molecular flexibility index (Phi) is 4.07. The minimum Gasteiger partial charge on any atom is -0.344 e. The number of rotatable bonds is 2. The average molecular weight is 401 g/mol. The van der Waals surface area contributed by atoms with Gasteiger partial charge in [-0.25, -0.2) is 0 Å². The fraction of sp³-hybridized carbons (Fsp3) is 0.0435. The highest BCUT2D eigenvalue weighted by atomic mass is 32.2. The van der Waals surface area contributed by atoms with Crippen LogP contribution in [0.2, 0.25) is 0 Å². The first-order chi connectivity index (χ1) is 13.6. The van der Waals surface area contributed by atoms with Crippen molar-refractivity contribution in [2.24, 2.45) is 7.05 Å². The van der Waals surface area contributed by atoms with Gasteiger partial charge in [0.1, 0.15) is 0 Å². The molecule has 28 heavy (non-hydrogen) atoms. The lowest BCUT2D eigenvalue weighted by molar-refractivity contribution is -0.113. The molecule has 1 aromatic heterocycles. The summed E-state index contributed by atoms with van der Waals surface area (Å²) in [6, 6.07) is 24.2. The Hall–Kier alpha value is -2.89. The Morgan fingerprint density at radius 3 is 2.43 bits per heavy atom. The van der Waals surface area contributed by atoms with E-state index in [4.69, 9.17) is 12.2 Å². The molecule has 5 heteroatoms. The van der Waals surface area contributed by atoms with Crippen molar-refractivity contribution >= 4 is 67.8 Å². The van der Waals surface area contributed by atoms with Crippen molar-refractivity contribution in [3.63, 3.8) is 0 Å². The van der Waals surface area contributed by atoms with E-state index in [1.54, 1.807) is 4.90 Å². The van der Waals surface area contributed by atoms with Crippen LogP contribution in [0, 0.1) is 0 Å². The molecule has 0 spiro atoms. The van der Waals surface area contributed by atoms with Crippen LogP contribution in [-0.4, -0.2) is 14.8 Å². The summed E-state index contributed by atoms with van der Waals surface area (Å²) >= 11 is 6.81. The molecule has 2 heterocycles. The van der Waals surface area contributed by atoms with E-state index in [-0.39, 0.29) is 5.91 Å². The largest absolute Gasteiger partial charge is 0.344 e. The fourth-order valence-corrected chi connectivity index (χ4v) is 4.99. The van der Waals surface area contributed by atoms with Gasteiger partial charge in [0.2, 0.25) is 0 Å². The highest BCUT2D eigenvalue weighted by Crippen LogP contribution is 2.36. The zero-order chi connectivity index (χ0) is 19.3. The number of carbonyl (C=O) groups is 1. The summed E-state index contributed by atoms with van der Waals surface area (Å²) in [7, 11) is 2.08. The highest BCUT2D eigenvalue weighted by molar-refractivity contribution is 8.27.